The first kappa shape index (κ1) is 25.1. The van der Waals surface area contributed by atoms with Gasteiger partial charge in [-0.05, 0) is 79.3 Å². The third-order valence-corrected chi connectivity index (χ3v) is 7.97. The van der Waals surface area contributed by atoms with Crippen molar-refractivity contribution in [3.05, 3.63) is 149 Å². The SMILES string of the molecule is Cc1ccc(-n2c(C#C/C(=C/c3ccccc3)S(=O)(=O)c3ccc(C)cc3)ccc2-c2ccccc2)cc1. The lowest BCUT2D eigenvalue weighted by molar-refractivity contribution is 0.603. The van der Waals surface area contributed by atoms with Crippen LogP contribution in [0, 0.1) is 25.7 Å². The third-order valence-electron chi connectivity index (χ3n) is 6.27. The first-order valence-electron chi connectivity index (χ1n) is 12.4. The van der Waals surface area contributed by atoms with Crippen molar-refractivity contribution in [2.45, 2.75) is 18.7 Å². The maximum Gasteiger partial charge on any atom is 0.214 e. The molecule has 0 atom stereocenters. The van der Waals surface area contributed by atoms with Crippen molar-refractivity contribution >= 4 is 15.9 Å². The highest BCUT2D eigenvalue weighted by atomic mass is 32.2. The third kappa shape index (κ3) is 5.39. The first-order chi connectivity index (χ1) is 18.4. The molecule has 0 N–H and O–H groups in total. The summed E-state index contributed by atoms with van der Waals surface area (Å²) in [5.41, 5.74) is 6.61. The van der Waals surface area contributed by atoms with Gasteiger partial charge in [0.05, 0.1) is 16.3 Å². The van der Waals surface area contributed by atoms with Gasteiger partial charge in [0.15, 0.2) is 0 Å². The molecule has 3 nitrogen and oxygen atoms in total. The molecule has 0 radical (unpaired) electrons. The zero-order valence-electron chi connectivity index (χ0n) is 21.3. The molecule has 4 heteroatoms. The molecule has 4 aromatic carbocycles. The van der Waals surface area contributed by atoms with Gasteiger partial charge in [0.2, 0.25) is 9.84 Å². The van der Waals surface area contributed by atoms with Crippen LogP contribution in [-0.2, 0) is 9.84 Å². The Bertz CT molecular complexity index is 1750. The van der Waals surface area contributed by atoms with Crippen molar-refractivity contribution in [1.29, 1.82) is 0 Å². The lowest BCUT2D eigenvalue weighted by Crippen LogP contribution is -2.04. The molecule has 0 bridgehead atoms. The number of sulfone groups is 1. The van der Waals surface area contributed by atoms with Gasteiger partial charge in [-0.25, -0.2) is 8.42 Å². The molecule has 0 aliphatic carbocycles. The smallest absolute Gasteiger partial charge is 0.214 e. The van der Waals surface area contributed by atoms with Gasteiger partial charge in [-0.3, -0.25) is 0 Å². The normalized spacial score (nSPS) is 11.6. The summed E-state index contributed by atoms with van der Waals surface area (Å²) in [6.45, 7) is 3.98. The van der Waals surface area contributed by atoms with Gasteiger partial charge >= 0.3 is 0 Å². The van der Waals surface area contributed by atoms with E-state index in [0.29, 0.717) is 5.69 Å². The molecule has 5 rings (SSSR count). The van der Waals surface area contributed by atoms with Gasteiger partial charge in [0, 0.05) is 5.69 Å². The van der Waals surface area contributed by atoms with E-state index in [1.165, 1.54) is 0 Å². The molecule has 0 unspecified atom stereocenters. The summed E-state index contributed by atoms with van der Waals surface area (Å²) in [6, 6.07) is 38.5. The highest BCUT2D eigenvalue weighted by molar-refractivity contribution is 7.95. The second-order valence-corrected chi connectivity index (χ2v) is 11.0. The first-order valence-corrected chi connectivity index (χ1v) is 13.8. The molecule has 0 aliphatic rings. The fraction of sp³-hybridized carbons (Fsp3) is 0.0588. The number of aromatic nitrogens is 1. The number of benzene rings is 4. The lowest BCUT2D eigenvalue weighted by Gasteiger charge is -2.12. The summed E-state index contributed by atoms with van der Waals surface area (Å²) < 4.78 is 29.5. The van der Waals surface area contributed by atoms with Gasteiger partial charge in [0.1, 0.15) is 4.91 Å². The van der Waals surface area contributed by atoms with E-state index >= 15 is 0 Å². The minimum absolute atomic E-state index is 0.0467. The van der Waals surface area contributed by atoms with Crippen LogP contribution >= 0.6 is 0 Å². The van der Waals surface area contributed by atoms with Crippen molar-refractivity contribution in [3.8, 4) is 28.8 Å². The fourth-order valence-electron chi connectivity index (χ4n) is 4.19. The largest absolute Gasteiger partial charge is 0.303 e. The summed E-state index contributed by atoms with van der Waals surface area (Å²) >= 11 is 0. The Labute approximate surface area is 224 Å². The molecule has 0 saturated carbocycles. The van der Waals surface area contributed by atoms with Crippen molar-refractivity contribution in [3.63, 3.8) is 0 Å². The summed E-state index contributed by atoms with van der Waals surface area (Å²) in [5.74, 6) is 6.22. The number of hydrogen-bond acceptors (Lipinski definition) is 2. The zero-order valence-corrected chi connectivity index (χ0v) is 22.1. The molecular formula is C34H27NO2S. The van der Waals surface area contributed by atoms with Gasteiger partial charge in [-0.2, -0.15) is 0 Å². The number of aryl methyl sites for hydroxylation is 2. The van der Waals surface area contributed by atoms with E-state index in [1.54, 1.807) is 30.3 Å². The maximum absolute atomic E-state index is 13.7. The zero-order chi connectivity index (χ0) is 26.5. The van der Waals surface area contributed by atoms with E-state index in [9.17, 15) is 8.42 Å². The molecule has 0 saturated heterocycles. The van der Waals surface area contributed by atoms with E-state index in [2.05, 4.69) is 59.7 Å². The molecule has 0 amide bonds. The monoisotopic (exact) mass is 513 g/mol. The van der Waals surface area contributed by atoms with Crippen LogP contribution in [0.1, 0.15) is 22.4 Å². The molecule has 38 heavy (non-hydrogen) atoms. The Morgan fingerprint density at radius 1 is 0.684 bits per heavy atom. The number of allylic oxidation sites excluding steroid dienone is 1. The van der Waals surface area contributed by atoms with Gasteiger partial charge in [-0.15, -0.1) is 0 Å². The van der Waals surface area contributed by atoms with E-state index in [0.717, 1.165) is 33.6 Å². The predicted molar refractivity (Wildman–Crippen MR) is 156 cm³/mol. The Morgan fingerprint density at radius 2 is 1.26 bits per heavy atom. The molecule has 5 aromatic rings. The van der Waals surface area contributed by atoms with Crippen molar-refractivity contribution < 1.29 is 8.42 Å². The Balaban J connectivity index is 1.67. The number of hydrogen-bond donors (Lipinski definition) is 0. The van der Waals surface area contributed by atoms with Crippen LogP contribution in [0.15, 0.2) is 131 Å². The molecule has 0 aliphatic heterocycles. The van der Waals surface area contributed by atoms with Gasteiger partial charge in [-0.1, -0.05) is 96.1 Å². The minimum Gasteiger partial charge on any atom is -0.303 e. The summed E-state index contributed by atoms with van der Waals surface area (Å²) in [7, 11) is -3.84. The minimum atomic E-state index is -3.84. The van der Waals surface area contributed by atoms with Crippen LogP contribution in [0.25, 0.3) is 23.0 Å². The number of rotatable bonds is 5. The van der Waals surface area contributed by atoms with Crippen molar-refractivity contribution in [1.82, 2.24) is 4.57 Å². The van der Waals surface area contributed by atoms with Crippen molar-refractivity contribution in [2.24, 2.45) is 0 Å². The molecule has 0 fully saturated rings. The average molecular weight is 514 g/mol. The molecule has 0 spiro atoms. The van der Waals surface area contributed by atoms with Crippen LogP contribution in [0.5, 0.6) is 0 Å². The van der Waals surface area contributed by atoms with Crippen LogP contribution in [0.2, 0.25) is 0 Å². The highest BCUT2D eigenvalue weighted by Crippen LogP contribution is 2.27. The molecular weight excluding hydrogens is 486 g/mol. The van der Waals surface area contributed by atoms with E-state index in [1.807, 2.05) is 67.6 Å². The topological polar surface area (TPSA) is 39.1 Å². The predicted octanol–water partition coefficient (Wildman–Crippen LogP) is 7.63. The summed E-state index contributed by atoms with van der Waals surface area (Å²) in [6.07, 6.45) is 1.64. The standard InChI is InChI=1S/C34H27NO2S/c1-26-13-17-30(18-14-26)35-31(20-24-34(35)29-11-7-4-8-12-29)19-23-33(25-28-9-5-3-6-10-28)38(36,37)32-21-15-27(2)16-22-32/h3-18,20-22,24-25H,1-2H3/b33-25-. The fourth-order valence-corrected chi connectivity index (χ4v) is 5.42. The molecule has 1 aromatic heterocycles. The second-order valence-electron chi connectivity index (χ2n) is 9.13. The average Bonchev–Trinajstić information content (AvgIpc) is 3.36. The van der Waals surface area contributed by atoms with Crippen LogP contribution in [-0.4, -0.2) is 13.0 Å². The summed E-state index contributed by atoms with van der Waals surface area (Å²) in [5, 5.41) is 0. The Kier molecular flexibility index (Phi) is 7.13. The van der Waals surface area contributed by atoms with Gasteiger partial charge in [0.25, 0.3) is 0 Å². The Morgan fingerprint density at radius 3 is 1.89 bits per heavy atom. The van der Waals surface area contributed by atoms with E-state index in [-0.39, 0.29) is 9.80 Å². The molecule has 186 valence electrons. The van der Waals surface area contributed by atoms with E-state index < -0.39 is 9.84 Å². The summed E-state index contributed by atoms with van der Waals surface area (Å²) in [4.78, 5) is 0.268. The van der Waals surface area contributed by atoms with Crippen LogP contribution in [0.4, 0.5) is 0 Å². The quantitative estimate of drug-likeness (QED) is 0.227. The van der Waals surface area contributed by atoms with E-state index in [4.69, 9.17) is 0 Å². The van der Waals surface area contributed by atoms with Crippen LogP contribution in [0.3, 0.4) is 0 Å². The Hall–Kier alpha value is -4.59. The van der Waals surface area contributed by atoms with Gasteiger partial charge < -0.3 is 4.57 Å². The maximum atomic E-state index is 13.7. The second kappa shape index (κ2) is 10.8. The highest BCUT2D eigenvalue weighted by Gasteiger charge is 2.20. The molecule has 1 heterocycles. The van der Waals surface area contributed by atoms with Crippen LogP contribution < -0.4 is 0 Å². The lowest BCUT2D eigenvalue weighted by atomic mass is 10.1. The van der Waals surface area contributed by atoms with Crippen molar-refractivity contribution in [2.75, 3.05) is 0 Å². The number of nitrogens with zero attached hydrogens (tertiary/aromatic N) is 1.